The highest BCUT2D eigenvalue weighted by Crippen LogP contribution is 2.19. The van der Waals surface area contributed by atoms with Gasteiger partial charge in [0.15, 0.2) is 0 Å². The second-order valence-electron chi connectivity index (χ2n) is 4.82. The molecule has 104 valence electrons. The van der Waals surface area contributed by atoms with Gasteiger partial charge in [0.25, 0.3) is 5.91 Å². The van der Waals surface area contributed by atoms with E-state index in [0.717, 1.165) is 15.6 Å². The van der Waals surface area contributed by atoms with Crippen molar-refractivity contribution in [2.75, 3.05) is 12.8 Å². The number of hydrogen-bond acceptors (Lipinski definition) is 2. The number of nitrogens with zero attached hydrogens (tertiary/aromatic N) is 1. The first-order chi connectivity index (χ1) is 9.49. The summed E-state index contributed by atoms with van der Waals surface area (Å²) in [5, 5.41) is 0. The maximum Gasteiger partial charge on any atom is 0.253 e. The van der Waals surface area contributed by atoms with Gasteiger partial charge in [0, 0.05) is 29.3 Å². The third-order valence-electron chi connectivity index (χ3n) is 3.21. The van der Waals surface area contributed by atoms with E-state index in [0.29, 0.717) is 17.8 Å². The predicted octanol–water partition coefficient (Wildman–Crippen LogP) is 3.61. The highest BCUT2D eigenvalue weighted by molar-refractivity contribution is 9.10. The molecular formula is C16H17BrN2O. The van der Waals surface area contributed by atoms with Gasteiger partial charge in [-0.15, -0.1) is 0 Å². The first-order valence-corrected chi connectivity index (χ1v) is 7.13. The molecule has 0 heterocycles. The summed E-state index contributed by atoms with van der Waals surface area (Å²) >= 11 is 3.44. The fourth-order valence-corrected chi connectivity index (χ4v) is 2.25. The number of para-hydroxylation sites is 1. The topological polar surface area (TPSA) is 46.3 Å². The minimum Gasteiger partial charge on any atom is -0.398 e. The van der Waals surface area contributed by atoms with E-state index < -0.39 is 0 Å². The Balaban J connectivity index is 2.16. The number of halogens is 1. The van der Waals surface area contributed by atoms with Crippen molar-refractivity contribution >= 4 is 27.5 Å². The van der Waals surface area contributed by atoms with Gasteiger partial charge in [0.2, 0.25) is 0 Å². The maximum absolute atomic E-state index is 12.4. The first-order valence-electron chi connectivity index (χ1n) is 6.34. The Morgan fingerprint density at radius 3 is 2.60 bits per heavy atom. The molecule has 2 N–H and O–H groups in total. The molecule has 4 heteroatoms. The molecule has 0 aromatic heterocycles. The molecule has 0 atom stereocenters. The summed E-state index contributed by atoms with van der Waals surface area (Å²) in [6, 6.07) is 13.2. The molecule has 2 aromatic carbocycles. The van der Waals surface area contributed by atoms with Crippen LogP contribution in [0.2, 0.25) is 0 Å². The number of benzene rings is 2. The van der Waals surface area contributed by atoms with Crippen LogP contribution in [0, 0.1) is 6.92 Å². The van der Waals surface area contributed by atoms with Crippen molar-refractivity contribution in [2.45, 2.75) is 13.5 Å². The zero-order valence-electron chi connectivity index (χ0n) is 11.6. The van der Waals surface area contributed by atoms with E-state index >= 15 is 0 Å². The Morgan fingerprint density at radius 1 is 1.25 bits per heavy atom. The van der Waals surface area contributed by atoms with Gasteiger partial charge in [-0.25, -0.2) is 0 Å². The molecule has 2 rings (SSSR count). The van der Waals surface area contributed by atoms with Gasteiger partial charge in [-0.05, 0) is 42.3 Å². The average Bonchev–Trinajstić information content (AvgIpc) is 2.43. The summed E-state index contributed by atoms with van der Waals surface area (Å²) in [7, 11) is 1.78. The SMILES string of the molecule is Cc1cc(C(=O)N(C)Cc2ccccc2N)ccc1Br. The number of nitrogen functional groups attached to an aromatic ring is 1. The third kappa shape index (κ3) is 3.20. The van der Waals surface area contributed by atoms with Crippen LogP contribution in [0.15, 0.2) is 46.9 Å². The van der Waals surface area contributed by atoms with Crippen molar-refractivity contribution in [3.8, 4) is 0 Å². The summed E-state index contributed by atoms with van der Waals surface area (Å²) in [5.74, 6) is -0.0103. The molecule has 0 radical (unpaired) electrons. The van der Waals surface area contributed by atoms with Gasteiger partial charge in [-0.1, -0.05) is 34.1 Å². The Morgan fingerprint density at radius 2 is 1.95 bits per heavy atom. The van der Waals surface area contributed by atoms with E-state index in [1.54, 1.807) is 11.9 Å². The van der Waals surface area contributed by atoms with Gasteiger partial charge < -0.3 is 10.6 Å². The van der Waals surface area contributed by atoms with Gasteiger partial charge in [0.1, 0.15) is 0 Å². The molecule has 2 aromatic rings. The lowest BCUT2D eigenvalue weighted by Gasteiger charge is -2.18. The monoisotopic (exact) mass is 332 g/mol. The van der Waals surface area contributed by atoms with Crippen LogP contribution in [-0.2, 0) is 6.54 Å². The van der Waals surface area contributed by atoms with Crippen molar-refractivity contribution in [1.29, 1.82) is 0 Å². The van der Waals surface area contributed by atoms with E-state index in [1.165, 1.54) is 0 Å². The van der Waals surface area contributed by atoms with Crippen molar-refractivity contribution in [3.63, 3.8) is 0 Å². The second-order valence-corrected chi connectivity index (χ2v) is 5.68. The maximum atomic E-state index is 12.4. The quantitative estimate of drug-likeness (QED) is 0.872. The lowest BCUT2D eigenvalue weighted by molar-refractivity contribution is 0.0785. The normalized spacial score (nSPS) is 10.3. The molecule has 0 saturated carbocycles. The van der Waals surface area contributed by atoms with E-state index in [9.17, 15) is 4.79 Å². The van der Waals surface area contributed by atoms with E-state index in [2.05, 4.69) is 15.9 Å². The smallest absolute Gasteiger partial charge is 0.253 e. The Hall–Kier alpha value is -1.81. The highest BCUT2D eigenvalue weighted by Gasteiger charge is 2.13. The third-order valence-corrected chi connectivity index (χ3v) is 4.10. The minimum absolute atomic E-state index is 0.0103. The number of nitrogens with two attached hydrogens (primary N) is 1. The number of aryl methyl sites for hydroxylation is 1. The number of carbonyl (C=O) groups is 1. The van der Waals surface area contributed by atoms with E-state index in [4.69, 9.17) is 5.73 Å². The second kappa shape index (κ2) is 6.09. The highest BCUT2D eigenvalue weighted by atomic mass is 79.9. The molecule has 0 unspecified atom stereocenters. The summed E-state index contributed by atoms with van der Waals surface area (Å²) in [4.78, 5) is 14.1. The predicted molar refractivity (Wildman–Crippen MR) is 85.5 cm³/mol. The molecule has 0 spiro atoms. The van der Waals surface area contributed by atoms with Crippen molar-refractivity contribution in [1.82, 2.24) is 4.90 Å². The summed E-state index contributed by atoms with van der Waals surface area (Å²) < 4.78 is 1.00. The molecule has 0 aliphatic heterocycles. The van der Waals surface area contributed by atoms with Gasteiger partial charge >= 0.3 is 0 Å². The van der Waals surface area contributed by atoms with E-state index in [-0.39, 0.29) is 5.91 Å². The van der Waals surface area contributed by atoms with Gasteiger partial charge in [-0.2, -0.15) is 0 Å². The van der Waals surface area contributed by atoms with Crippen LogP contribution in [-0.4, -0.2) is 17.9 Å². The zero-order valence-corrected chi connectivity index (χ0v) is 13.1. The largest absolute Gasteiger partial charge is 0.398 e. The standard InChI is InChI=1S/C16H17BrN2O/c1-11-9-12(7-8-14(11)17)16(20)19(2)10-13-5-3-4-6-15(13)18/h3-9H,10,18H2,1-2H3. The van der Waals surface area contributed by atoms with Crippen LogP contribution in [0.4, 0.5) is 5.69 Å². The first kappa shape index (κ1) is 14.6. The van der Waals surface area contributed by atoms with Crippen LogP contribution < -0.4 is 5.73 Å². The molecule has 0 saturated heterocycles. The summed E-state index contributed by atoms with van der Waals surface area (Å²) in [6.07, 6.45) is 0. The zero-order chi connectivity index (χ0) is 14.7. The fraction of sp³-hybridized carbons (Fsp3) is 0.188. The van der Waals surface area contributed by atoms with Crippen molar-refractivity contribution in [3.05, 3.63) is 63.6 Å². The van der Waals surface area contributed by atoms with Crippen LogP contribution in [0.5, 0.6) is 0 Å². The number of carbonyl (C=O) groups excluding carboxylic acids is 1. The Labute approximate surface area is 127 Å². The van der Waals surface area contributed by atoms with Gasteiger partial charge in [0.05, 0.1) is 0 Å². The summed E-state index contributed by atoms with van der Waals surface area (Å²) in [6.45, 7) is 2.47. The molecular weight excluding hydrogens is 316 g/mol. The van der Waals surface area contributed by atoms with Crippen LogP contribution in [0.1, 0.15) is 21.5 Å². The van der Waals surface area contributed by atoms with Gasteiger partial charge in [-0.3, -0.25) is 4.79 Å². The molecule has 0 aliphatic rings. The number of hydrogen-bond donors (Lipinski definition) is 1. The summed E-state index contributed by atoms with van der Waals surface area (Å²) in [5.41, 5.74) is 9.30. The van der Waals surface area contributed by atoms with E-state index in [1.807, 2.05) is 49.4 Å². The fourth-order valence-electron chi connectivity index (χ4n) is 2.00. The molecule has 0 fully saturated rings. The van der Waals surface area contributed by atoms with Crippen molar-refractivity contribution < 1.29 is 4.79 Å². The van der Waals surface area contributed by atoms with Crippen LogP contribution in [0.3, 0.4) is 0 Å². The average molecular weight is 333 g/mol. The Kier molecular flexibility index (Phi) is 4.45. The molecule has 0 aliphatic carbocycles. The molecule has 1 amide bonds. The lowest BCUT2D eigenvalue weighted by Crippen LogP contribution is -2.26. The minimum atomic E-state index is -0.0103. The molecule has 3 nitrogen and oxygen atoms in total. The number of amides is 1. The van der Waals surface area contributed by atoms with Crippen LogP contribution in [0.25, 0.3) is 0 Å². The molecule has 0 bridgehead atoms. The molecule has 20 heavy (non-hydrogen) atoms. The Bertz CT molecular complexity index is 640. The van der Waals surface area contributed by atoms with Crippen molar-refractivity contribution in [2.24, 2.45) is 0 Å². The number of anilines is 1. The lowest BCUT2D eigenvalue weighted by atomic mass is 10.1. The number of rotatable bonds is 3. The van der Waals surface area contributed by atoms with Crippen LogP contribution >= 0.6 is 15.9 Å².